The number of H-pyrrole nitrogens is 1. The van der Waals surface area contributed by atoms with Crippen molar-refractivity contribution in [2.75, 3.05) is 6.54 Å². The Hall–Kier alpha value is -1.61. The van der Waals surface area contributed by atoms with Crippen LogP contribution in [0.4, 0.5) is 0 Å². The Labute approximate surface area is 120 Å². The van der Waals surface area contributed by atoms with Crippen LogP contribution in [0.15, 0.2) is 36.5 Å². The van der Waals surface area contributed by atoms with E-state index < -0.39 is 0 Å². The average molecular weight is 269 g/mol. The summed E-state index contributed by atoms with van der Waals surface area (Å²) in [7, 11) is 0. The summed E-state index contributed by atoms with van der Waals surface area (Å²) in [6, 6.07) is 10.4. The van der Waals surface area contributed by atoms with Crippen molar-refractivity contribution in [3.8, 4) is 11.3 Å². The smallest absolute Gasteiger partial charge is 0.0695 e. The van der Waals surface area contributed by atoms with Gasteiger partial charge in [-0.2, -0.15) is 5.10 Å². The minimum Gasteiger partial charge on any atom is -0.312 e. The molecule has 2 aromatic rings. The second-order valence-electron chi connectivity index (χ2n) is 5.99. The lowest BCUT2D eigenvalue weighted by Crippen LogP contribution is -2.23. The van der Waals surface area contributed by atoms with Crippen molar-refractivity contribution in [2.45, 2.75) is 39.2 Å². The van der Waals surface area contributed by atoms with E-state index in [-0.39, 0.29) is 0 Å². The number of nitrogens with zero attached hydrogens (tertiary/aromatic N) is 1. The molecule has 3 heteroatoms. The van der Waals surface area contributed by atoms with Gasteiger partial charge in [0, 0.05) is 18.7 Å². The second-order valence-corrected chi connectivity index (χ2v) is 5.99. The molecule has 0 atom stereocenters. The third-order valence-corrected chi connectivity index (χ3v) is 4.33. The fraction of sp³-hybridized carbons (Fsp3) is 0.471. The Bertz CT molecular complexity index is 540. The van der Waals surface area contributed by atoms with Gasteiger partial charge in [0.05, 0.1) is 11.9 Å². The predicted octanol–water partition coefficient (Wildman–Crippen LogP) is 3.75. The molecule has 1 aromatic heterocycles. The van der Waals surface area contributed by atoms with Gasteiger partial charge in [-0.05, 0) is 30.2 Å². The Kier molecular flexibility index (Phi) is 3.88. The van der Waals surface area contributed by atoms with Gasteiger partial charge in [0.25, 0.3) is 0 Å². The van der Waals surface area contributed by atoms with Crippen molar-refractivity contribution in [2.24, 2.45) is 5.41 Å². The molecule has 1 fully saturated rings. The molecule has 106 valence electrons. The summed E-state index contributed by atoms with van der Waals surface area (Å²) in [4.78, 5) is 0. The number of aromatic amines is 1. The number of benzene rings is 1. The lowest BCUT2D eigenvalue weighted by atomic mass is 10.0. The highest BCUT2D eigenvalue weighted by Gasteiger charge is 2.40. The third-order valence-electron chi connectivity index (χ3n) is 4.33. The summed E-state index contributed by atoms with van der Waals surface area (Å²) in [5.41, 5.74) is 4.20. The molecule has 0 unspecified atom stereocenters. The van der Waals surface area contributed by atoms with Gasteiger partial charge in [0.2, 0.25) is 0 Å². The van der Waals surface area contributed by atoms with Gasteiger partial charge in [0.15, 0.2) is 0 Å². The molecule has 3 nitrogen and oxygen atoms in total. The molecule has 1 aromatic carbocycles. The molecule has 1 aliphatic carbocycles. The standard InChI is InChI=1S/C17H23N3/c1-2-8-17(9-10-17)13-18-11-15-12-19-20-16(15)14-6-4-3-5-7-14/h3-7,12,18H,2,8-11,13H2,1H3,(H,19,20). The van der Waals surface area contributed by atoms with E-state index in [1.165, 1.54) is 36.8 Å². The van der Waals surface area contributed by atoms with Gasteiger partial charge in [-0.15, -0.1) is 0 Å². The van der Waals surface area contributed by atoms with Crippen LogP contribution in [0.25, 0.3) is 11.3 Å². The SMILES string of the molecule is CCCC1(CNCc2cn[nH]c2-c2ccccc2)CC1. The monoisotopic (exact) mass is 269 g/mol. The van der Waals surface area contributed by atoms with Crippen molar-refractivity contribution in [3.05, 3.63) is 42.1 Å². The highest BCUT2D eigenvalue weighted by Crippen LogP contribution is 2.48. The average Bonchev–Trinajstić information content (AvgIpc) is 3.08. The molecule has 0 amide bonds. The summed E-state index contributed by atoms with van der Waals surface area (Å²) >= 11 is 0. The van der Waals surface area contributed by atoms with E-state index in [1.807, 2.05) is 12.3 Å². The Morgan fingerprint density at radius 1 is 1.25 bits per heavy atom. The molecule has 1 saturated carbocycles. The van der Waals surface area contributed by atoms with Crippen LogP contribution < -0.4 is 5.32 Å². The van der Waals surface area contributed by atoms with Gasteiger partial charge in [-0.1, -0.05) is 43.7 Å². The molecular weight excluding hydrogens is 246 g/mol. The Balaban J connectivity index is 1.60. The highest BCUT2D eigenvalue weighted by molar-refractivity contribution is 5.62. The van der Waals surface area contributed by atoms with Gasteiger partial charge in [0.1, 0.15) is 0 Å². The number of nitrogens with one attached hydrogen (secondary N) is 2. The summed E-state index contributed by atoms with van der Waals surface area (Å²) in [5, 5.41) is 10.9. The zero-order valence-electron chi connectivity index (χ0n) is 12.2. The zero-order valence-corrected chi connectivity index (χ0v) is 12.2. The van der Waals surface area contributed by atoms with Crippen molar-refractivity contribution < 1.29 is 0 Å². The molecule has 0 radical (unpaired) electrons. The summed E-state index contributed by atoms with van der Waals surface area (Å²) in [5.74, 6) is 0. The molecule has 0 spiro atoms. The van der Waals surface area contributed by atoms with Gasteiger partial charge < -0.3 is 5.32 Å². The first kappa shape index (κ1) is 13.4. The van der Waals surface area contributed by atoms with E-state index in [0.29, 0.717) is 5.41 Å². The van der Waals surface area contributed by atoms with Crippen LogP contribution in [0.3, 0.4) is 0 Å². The van der Waals surface area contributed by atoms with Gasteiger partial charge >= 0.3 is 0 Å². The Morgan fingerprint density at radius 3 is 2.75 bits per heavy atom. The zero-order chi connectivity index (χ0) is 13.8. The largest absolute Gasteiger partial charge is 0.312 e. The fourth-order valence-corrected chi connectivity index (χ4v) is 2.98. The molecule has 2 N–H and O–H groups in total. The van der Waals surface area contributed by atoms with Crippen LogP contribution in [0, 0.1) is 5.41 Å². The minimum absolute atomic E-state index is 0.603. The molecule has 0 saturated heterocycles. The lowest BCUT2D eigenvalue weighted by molar-refractivity contribution is 0.421. The normalized spacial score (nSPS) is 16.2. The van der Waals surface area contributed by atoms with Crippen molar-refractivity contribution in [1.29, 1.82) is 0 Å². The van der Waals surface area contributed by atoms with E-state index in [4.69, 9.17) is 0 Å². The van der Waals surface area contributed by atoms with Crippen LogP contribution in [0.1, 0.15) is 38.2 Å². The summed E-state index contributed by atoms with van der Waals surface area (Å²) in [6.45, 7) is 4.32. The summed E-state index contributed by atoms with van der Waals surface area (Å²) < 4.78 is 0. The quantitative estimate of drug-likeness (QED) is 0.803. The predicted molar refractivity (Wildman–Crippen MR) is 82.3 cm³/mol. The topological polar surface area (TPSA) is 40.7 Å². The third kappa shape index (κ3) is 2.93. The first-order chi connectivity index (χ1) is 9.83. The van der Waals surface area contributed by atoms with Crippen LogP contribution in [0.5, 0.6) is 0 Å². The van der Waals surface area contributed by atoms with E-state index in [2.05, 4.69) is 46.7 Å². The number of aromatic nitrogens is 2. The van der Waals surface area contributed by atoms with Crippen LogP contribution >= 0.6 is 0 Å². The first-order valence-electron chi connectivity index (χ1n) is 7.61. The molecule has 1 aliphatic rings. The van der Waals surface area contributed by atoms with Gasteiger partial charge in [-0.3, -0.25) is 5.10 Å². The summed E-state index contributed by atoms with van der Waals surface area (Å²) in [6.07, 6.45) is 7.38. The van der Waals surface area contributed by atoms with E-state index in [0.717, 1.165) is 18.8 Å². The second kappa shape index (κ2) is 5.80. The maximum absolute atomic E-state index is 4.20. The first-order valence-corrected chi connectivity index (χ1v) is 7.61. The maximum atomic E-state index is 4.20. The van der Waals surface area contributed by atoms with Crippen molar-refractivity contribution in [3.63, 3.8) is 0 Å². The van der Waals surface area contributed by atoms with E-state index in [1.54, 1.807) is 0 Å². The Morgan fingerprint density at radius 2 is 2.05 bits per heavy atom. The fourth-order valence-electron chi connectivity index (χ4n) is 2.98. The highest BCUT2D eigenvalue weighted by atomic mass is 15.1. The number of rotatable bonds is 7. The molecule has 1 heterocycles. The van der Waals surface area contributed by atoms with E-state index in [9.17, 15) is 0 Å². The van der Waals surface area contributed by atoms with E-state index >= 15 is 0 Å². The van der Waals surface area contributed by atoms with Crippen LogP contribution in [-0.2, 0) is 6.54 Å². The molecule has 3 rings (SSSR count). The lowest BCUT2D eigenvalue weighted by Gasteiger charge is -2.14. The van der Waals surface area contributed by atoms with Crippen molar-refractivity contribution >= 4 is 0 Å². The number of hydrogen-bond acceptors (Lipinski definition) is 2. The van der Waals surface area contributed by atoms with Gasteiger partial charge in [-0.25, -0.2) is 0 Å². The van der Waals surface area contributed by atoms with Crippen LogP contribution in [-0.4, -0.2) is 16.7 Å². The number of hydrogen-bond donors (Lipinski definition) is 2. The molecule has 20 heavy (non-hydrogen) atoms. The maximum Gasteiger partial charge on any atom is 0.0695 e. The molecule has 0 aliphatic heterocycles. The minimum atomic E-state index is 0.603. The molecule has 0 bridgehead atoms. The van der Waals surface area contributed by atoms with Crippen molar-refractivity contribution in [1.82, 2.24) is 15.5 Å². The molecular formula is C17H23N3. The van der Waals surface area contributed by atoms with Crippen LogP contribution in [0.2, 0.25) is 0 Å².